The minimum absolute atomic E-state index is 0.111. The summed E-state index contributed by atoms with van der Waals surface area (Å²) in [6, 6.07) is 20.4. The monoisotopic (exact) mass is 459 g/mol. The highest BCUT2D eigenvalue weighted by Crippen LogP contribution is 2.49. The first kappa shape index (κ1) is 21.1. The molecule has 0 fully saturated rings. The van der Waals surface area contributed by atoms with E-state index in [0.717, 1.165) is 21.0 Å². The Hall–Kier alpha value is -2.16. The number of benzene rings is 3. The molecule has 5 nitrogen and oxygen atoms in total. The summed E-state index contributed by atoms with van der Waals surface area (Å²) < 4.78 is 25.9. The number of carbonyl (C=O) groups is 1. The fraction of sp³-hybridized carbons (Fsp3) is 0.136. The van der Waals surface area contributed by atoms with Gasteiger partial charge in [0.2, 0.25) is 5.91 Å². The van der Waals surface area contributed by atoms with Crippen molar-refractivity contribution in [2.75, 3.05) is 4.90 Å². The zero-order chi connectivity index (χ0) is 21.3. The van der Waals surface area contributed by atoms with Crippen LogP contribution < -0.4 is 4.90 Å². The van der Waals surface area contributed by atoms with Crippen LogP contribution in [-0.4, -0.2) is 14.7 Å². The topological polar surface area (TPSA) is 66.8 Å². The number of hydrogen-bond acceptors (Lipinski definition) is 4. The van der Waals surface area contributed by atoms with Gasteiger partial charge in [0.15, 0.2) is 0 Å². The summed E-state index contributed by atoms with van der Waals surface area (Å²) in [5.41, 5.74) is 3.13. The Kier molecular flexibility index (Phi) is 6.26. The molecule has 1 N–H and O–H groups in total. The van der Waals surface area contributed by atoms with Crippen molar-refractivity contribution in [3.05, 3.63) is 82.9 Å². The predicted octanol–water partition coefficient (Wildman–Crippen LogP) is 6.06. The van der Waals surface area contributed by atoms with Gasteiger partial charge in [0.25, 0.3) is 0 Å². The summed E-state index contributed by atoms with van der Waals surface area (Å²) in [7, 11) is 0. The van der Waals surface area contributed by atoms with Crippen molar-refractivity contribution in [3.63, 3.8) is 0 Å². The number of nitrogens with zero attached hydrogens (tertiary/aromatic N) is 1. The van der Waals surface area contributed by atoms with E-state index in [0.29, 0.717) is 16.3 Å². The van der Waals surface area contributed by atoms with Gasteiger partial charge in [-0.2, -0.15) is 4.21 Å². The third-order valence-electron chi connectivity index (χ3n) is 4.74. The van der Waals surface area contributed by atoms with Gasteiger partial charge in [-0.1, -0.05) is 65.3 Å². The maximum absolute atomic E-state index is 13.5. The number of aryl methyl sites for hydroxylation is 1. The van der Waals surface area contributed by atoms with Crippen LogP contribution in [0, 0.1) is 6.92 Å². The molecule has 0 radical (unpaired) electrons. The summed E-state index contributed by atoms with van der Waals surface area (Å²) in [6.45, 7) is 1.94. The molecule has 30 heavy (non-hydrogen) atoms. The van der Waals surface area contributed by atoms with Crippen LogP contribution in [-0.2, 0) is 20.3 Å². The second-order valence-corrected chi connectivity index (χ2v) is 8.97. The van der Waals surface area contributed by atoms with Gasteiger partial charge in [-0.05, 0) is 42.8 Å². The standard InChI is InChI=1S/C22H18ClNO4S2/c1-14-6-8-15(9-7-14)19(28-30(26)27)13-22(25)24-17-4-2-3-5-20(17)29-21-11-10-16(23)12-18(21)24/h2-12,19H,13H2,1H3,(H,26,27). The second-order valence-electron chi connectivity index (χ2n) is 6.83. The first-order valence-electron chi connectivity index (χ1n) is 9.16. The molecule has 3 aromatic carbocycles. The first-order chi connectivity index (χ1) is 14.4. The fourth-order valence-electron chi connectivity index (χ4n) is 3.33. The molecule has 0 aromatic heterocycles. The van der Waals surface area contributed by atoms with Crippen LogP contribution >= 0.6 is 23.4 Å². The third-order valence-corrected chi connectivity index (χ3v) is 6.51. The SMILES string of the molecule is Cc1ccc(C(CC(=O)N2c3ccccc3Sc3ccc(Cl)cc32)OS(=O)O)cc1. The summed E-state index contributed by atoms with van der Waals surface area (Å²) in [5, 5.41) is 0.523. The van der Waals surface area contributed by atoms with E-state index in [4.69, 9.17) is 15.8 Å². The van der Waals surface area contributed by atoms with E-state index in [1.54, 1.807) is 40.9 Å². The van der Waals surface area contributed by atoms with Gasteiger partial charge < -0.3 is 0 Å². The van der Waals surface area contributed by atoms with E-state index < -0.39 is 17.5 Å². The molecule has 1 heterocycles. The summed E-state index contributed by atoms with van der Waals surface area (Å²) in [5.74, 6) is -0.262. The Labute approximate surface area is 186 Å². The fourth-order valence-corrected chi connectivity index (χ4v) is 4.92. The van der Waals surface area contributed by atoms with Crippen LogP contribution in [0.4, 0.5) is 11.4 Å². The molecule has 154 valence electrons. The Morgan fingerprint density at radius 3 is 2.53 bits per heavy atom. The molecule has 0 saturated heterocycles. The molecule has 0 saturated carbocycles. The second kappa shape index (κ2) is 8.91. The molecule has 0 bridgehead atoms. The van der Waals surface area contributed by atoms with E-state index in [1.807, 2.05) is 49.4 Å². The highest BCUT2D eigenvalue weighted by Gasteiger charge is 2.31. The minimum atomic E-state index is -2.51. The predicted molar refractivity (Wildman–Crippen MR) is 120 cm³/mol. The lowest BCUT2D eigenvalue weighted by atomic mass is 10.0. The largest absolute Gasteiger partial charge is 0.302 e. The Morgan fingerprint density at radius 1 is 1.10 bits per heavy atom. The van der Waals surface area contributed by atoms with E-state index in [1.165, 1.54) is 0 Å². The van der Waals surface area contributed by atoms with Gasteiger partial charge in [0.05, 0.1) is 17.8 Å². The average molecular weight is 460 g/mol. The summed E-state index contributed by atoms with van der Waals surface area (Å²) in [6.07, 6.45) is -0.978. The van der Waals surface area contributed by atoms with Crippen molar-refractivity contribution in [3.8, 4) is 0 Å². The van der Waals surface area contributed by atoms with E-state index in [9.17, 15) is 13.6 Å². The Balaban J connectivity index is 1.72. The average Bonchev–Trinajstić information content (AvgIpc) is 2.71. The third kappa shape index (κ3) is 4.45. The number of amides is 1. The molecule has 1 amide bonds. The van der Waals surface area contributed by atoms with Gasteiger partial charge >= 0.3 is 11.4 Å². The number of rotatable bonds is 5. The zero-order valence-electron chi connectivity index (χ0n) is 15.9. The number of anilines is 2. The molecule has 0 aliphatic carbocycles. The Morgan fingerprint density at radius 2 is 1.80 bits per heavy atom. The van der Waals surface area contributed by atoms with E-state index in [-0.39, 0.29) is 12.3 Å². The summed E-state index contributed by atoms with van der Waals surface area (Å²) in [4.78, 5) is 16.9. The molecular formula is C22H18ClNO4S2. The van der Waals surface area contributed by atoms with Crippen molar-refractivity contribution < 1.29 is 17.7 Å². The van der Waals surface area contributed by atoms with Crippen LogP contribution in [0.5, 0.6) is 0 Å². The zero-order valence-corrected chi connectivity index (χ0v) is 18.3. The van der Waals surface area contributed by atoms with Gasteiger partial charge in [0.1, 0.15) is 6.10 Å². The normalized spacial score (nSPS) is 14.6. The van der Waals surface area contributed by atoms with Crippen LogP contribution in [0.3, 0.4) is 0 Å². The molecule has 1 aliphatic heterocycles. The molecule has 8 heteroatoms. The van der Waals surface area contributed by atoms with Crippen molar-refractivity contribution in [2.24, 2.45) is 0 Å². The highest BCUT2D eigenvalue weighted by atomic mass is 35.5. The molecule has 1 aliphatic rings. The van der Waals surface area contributed by atoms with E-state index >= 15 is 0 Å². The number of fused-ring (bicyclic) bond motifs is 2. The first-order valence-corrected chi connectivity index (χ1v) is 11.4. The quantitative estimate of drug-likeness (QED) is 0.469. The van der Waals surface area contributed by atoms with Gasteiger partial charge in [-0.15, -0.1) is 0 Å². The van der Waals surface area contributed by atoms with Gasteiger partial charge in [-0.3, -0.25) is 18.4 Å². The number of carbonyl (C=O) groups excluding carboxylic acids is 1. The lowest BCUT2D eigenvalue weighted by Gasteiger charge is -2.32. The smallest absolute Gasteiger partial charge is 0.284 e. The van der Waals surface area contributed by atoms with Crippen LogP contribution in [0.15, 0.2) is 76.5 Å². The van der Waals surface area contributed by atoms with Crippen molar-refractivity contribution in [1.82, 2.24) is 0 Å². The Bertz CT molecular complexity index is 1120. The molecular weight excluding hydrogens is 442 g/mol. The highest BCUT2D eigenvalue weighted by molar-refractivity contribution is 7.99. The van der Waals surface area contributed by atoms with Crippen LogP contribution in [0.2, 0.25) is 5.02 Å². The van der Waals surface area contributed by atoms with Crippen molar-refractivity contribution in [1.29, 1.82) is 0 Å². The maximum Gasteiger partial charge on any atom is 0.302 e. The molecule has 0 spiro atoms. The van der Waals surface area contributed by atoms with Crippen molar-refractivity contribution >= 4 is 52.0 Å². The van der Waals surface area contributed by atoms with Gasteiger partial charge in [-0.25, -0.2) is 0 Å². The lowest BCUT2D eigenvalue weighted by molar-refractivity contribution is -0.119. The van der Waals surface area contributed by atoms with Crippen LogP contribution in [0.1, 0.15) is 23.7 Å². The minimum Gasteiger partial charge on any atom is -0.284 e. The number of halogens is 1. The van der Waals surface area contributed by atoms with Crippen LogP contribution in [0.25, 0.3) is 0 Å². The number of para-hydroxylation sites is 1. The molecule has 4 rings (SSSR count). The van der Waals surface area contributed by atoms with Gasteiger partial charge in [0, 0.05) is 14.8 Å². The molecule has 2 atom stereocenters. The lowest BCUT2D eigenvalue weighted by Crippen LogP contribution is -2.30. The summed E-state index contributed by atoms with van der Waals surface area (Å²) >= 11 is 5.27. The molecule has 2 unspecified atom stereocenters. The molecule has 3 aromatic rings. The van der Waals surface area contributed by atoms with Crippen molar-refractivity contribution in [2.45, 2.75) is 29.2 Å². The van der Waals surface area contributed by atoms with E-state index in [2.05, 4.69) is 0 Å². The number of hydrogen-bond donors (Lipinski definition) is 1. The maximum atomic E-state index is 13.5.